The van der Waals surface area contributed by atoms with Crippen LogP contribution in [0.15, 0.2) is 0 Å². The summed E-state index contributed by atoms with van der Waals surface area (Å²) >= 11 is 0. The van der Waals surface area contributed by atoms with Crippen molar-refractivity contribution in [3.63, 3.8) is 0 Å². The summed E-state index contributed by atoms with van der Waals surface area (Å²) in [5.41, 5.74) is 0.568. The number of nitrogens with zero attached hydrogens (tertiary/aromatic N) is 1. The Balaban J connectivity index is 1.99. The van der Waals surface area contributed by atoms with Gasteiger partial charge in [0, 0.05) is 19.1 Å². The van der Waals surface area contributed by atoms with Gasteiger partial charge in [-0.05, 0) is 63.5 Å². The summed E-state index contributed by atoms with van der Waals surface area (Å²) in [6, 6.07) is 0.786. The maximum Gasteiger partial charge on any atom is 0.00928 e. The van der Waals surface area contributed by atoms with Crippen molar-refractivity contribution in [3.05, 3.63) is 0 Å². The molecule has 2 heteroatoms. The lowest BCUT2D eigenvalue weighted by atomic mass is 9.75. The van der Waals surface area contributed by atoms with Gasteiger partial charge in [0.05, 0.1) is 0 Å². The van der Waals surface area contributed by atoms with Gasteiger partial charge in [-0.15, -0.1) is 0 Å². The van der Waals surface area contributed by atoms with Crippen molar-refractivity contribution in [2.45, 2.75) is 65.3 Å². The van der Waals surface area contributed by atoms with Gasteiger partial charge in [-0.25, -0.2) is 0 Å². The van der Waals surface area contributed by atoms with Crippen LogP contribution in [0.25, 0.3) is 0 Å². The minimum Gasteiger partial charge on any atom is -0.316 e. The highest BCUT2D eigenvalue weighted by atomic mass is 15.2. The molecule has 3 unspecified atom stereocenters. The van der Waals surface area contributed by atoms with Gasteiger partial charge in [0.2, 0.25) is 0 Å². The van der Waals surface area contributed by atoms with Crippen LogP contribution in [0.1, 0.15) is 59.3 Å². The lowest BCUT2D eigenvalue weighted by molar-refractivity contribution is 0.0414. The van der Waals surface area contributed by atoms with Gasteiger partial charge in [0.25, 0.3) is 0 Å². The van der Waals surface area contributed by atoms with Crippen molar-refractivity contribution < 1.29 is 0 Å². The lowest BCUT2D eigenvalue weighted by Gasteiger charge is -2.46. The van der Waals surface area contributed by atoms with Crippen molar-refractivity contribution in [3.8, 4) is 0 Å². The van der Waals surface area contributed by atoms with E-state index in [1.54, 1.807) is 0 Å². The maximum atomic E-state index is 3.65. The molecule has 0 radical (unpaired) electrons. The summed E-state index contributed by atoms with van der Waals surface area (Å²) in [7, 11) is 0. The smallest absolute Gasteiger partial charge is 0.00928 e. The summed E-state index contributed by atoms with van der Waals surface area (Å²) in [5.74, 6) is 0.883. The molecule has 2 saturated heterocycles. The van der Waals surface area contributed by atoms with E-state index in [0.29, 0.717) is 5.41 Å². The molecule has 2 nitrogen and oxygen atoms in total. The molecule has 0 amide bonds. The maximum absolute atomic E-state index is 3.65. The molecule has 106 valence electrons. The Kier molecular flexibility index (Phi) is 5.08. The minimum atomic E-state index is 0.568. The molecule has 2 aliphatic heterocycles. The van der Waals surface area contributed by atoms with Gasteiger partial charge in [0.1, 0.15) is 0 Å². The van der Waals surface area contributed by atoms with Crippen LogP contribution < -0.4 is 5.32 Å². The molecule has 0 aliphatic carbocycles. The third-order valence-corrected chi connectivity index (χ3v) is 5.38. The molecule has 3 atom stereocenters. The summed E-state index contributed by atoms with van der Waals surface area (Å²) in [5, 5.41) is 3.65. The number of hydrogen-bond donors (Lipinski definition) is 1. The number of likely N-dealkylation sites (tertiary alicyclic amines) is 1. The molecule has 0 saturated carbocycles. The molecule has 2 aliphatic rings. The standard InChI is InChI=1S/C16H32N2/c1-4-8-16(9-6-10-17-12-16)13-18-11-5-7-14(2)15(18)3/h14-15,17H,4-13H2,1-3H3. The molecule has 2 heterocycles. The van der Waals surface area contributed by atoms with E-state index < -0.39 is 0 Å². The molecular weight excluding hydrogens is 220 g/mol. The average molecular weight is 252 g/mol. The van der Waals surface area contributed by atoms with E-state index in [2.05, 4.69) is 31.0 Å². The van der Waals surface area contributed by atoms with E-state index in [4.69, 9.17) is 0 Å². The molecule has 18 heavy (non-hydrogen) atoms. The van der Waals surface area contributed by atoms with Gasteiger partial charge >= 0.3 is 0 Å². The van der Waals surface area contributed by atoms with Gasteiger partial charge in [-0.2, -0.15) is 0 Å². The first-order valence-electron chi connectivity index (χ1n) is 8.12. The highest BCUT2D eigenvalue weighted by Crippen LogP contribution is 2.35. The quantitative estimate of drug-likeness (QED) is 0.826. The van der Waals surface area contributed by atoms with Gasteiger partial charge in [0.15, 0.2) is 0 Å². The van der Waals surface area contributed by atoms with Crippen molar-refractivity contribution in [1.29, 1.82) is 0 Å². The Labute approximate surface area is 114 Å². The summed E-state index contributed by atoms with van der Waals surface area (Å²) in [6.07, 6.45) is 8.37. The topological polar surface area (TPSA) is 15.3 Å². The fraction of sp³-hybridized carbons (Fsp3) is 1.00. The zero-order chi connectivity index (χ0) is 13.0. The van der Waals surface area contributed by atoms with Crippen LogP contribution in [-0.2, 0) is 0 Å². The SMILES string of the molecule is CCCC1(CN2CCCC(C)C2C)CCCNC1. The van der Waals surface area contributed by atoms with Gasteiger partial charge in [-0.1, -0.05) is 20.3 Å². The van der Waals surface area contributed by atoms with Crippen molar-refractivity contribution in [2.75, 3.05) is 26.2 Å². The second-order valence-electron chi connectivity index (χ2n) is 6.86. The van der Waals surface area contributed by atoms with E-state index in [1.165, 1.54) is 64.7 Å². The van der Waals surface area contributed by atoms with E-state index in [9.17, 15) is 0 Å². The Morgan fingerprint density at radius 2 is 2.11 bits per heavy atom. The third-order valence-electron chi connectivity index (χ3n) is 5.38. The molecule has 0 aromatic heterocycles. The predicted octanol–water partition coefficient (Wildman–Crippen LogP) is 3.28. The summed E-state index contributed by atoms with van der Waals surface area (Å²) < 4.78 is 0. The normalized spacial score (nSPS) is 38.8. The van der Waals surface area contributed by atoms with E-state index in [-0.39, 0.29) is 0 Å². The largest absolute Gasteiger partial charge is 0.316 e. The molecule has 0 bridgehead atoms. The molecular formula is C16H32N2. The lowest BCUT2D eigenvalue weighted by Crippen LogP contribution is -2.52. The highest BCUT2D eigenvalue weighted by molar-refractivity contribution is 4.91. The highest BCUT2D eigenvalue weighted by Gasteiger charge is 2.36. The second-order valence-corrected chi connectivity index (χ2v) is 6.86. The van der Waals surface area contributed by atoms with Crippen molar-refractivity contribution >= 4 is 0 Å². The number of nitrogens with one attached hydrogen (secondary N) is 1. The molecule has 2 rings (SSSR count). The number of hydrogen-bond acceptors (Lipinski definition) is 2. The Morgan fingerprint density at radius 3 is 2.78 bits per heavy atom. The van der Waals surface area contributed by atoms with Crippen LogP contribution in [0.5, 0.6) is 0 Å². The summed E-state index contributed by atoms with van der Waals surface area (Å²) in [4.78, 5) is 2.79. The predicted molar refractivity (Wildman–Crippen MR) is 78.9 cm³/mol. The molecule has 0 spiro atoms. The molecule has 2 fully saturated rings. The zero-order valence-corrected chi connectivity index (χ0v) is 12.7. The molecule has 0 aromatic carbocycles. The monoisotopic (exact) mass is 252 g/mol. The molecule has 1 N–H and O–H groups in total. The first kappa shape index (κ1) is 14.3. The third kappa shape index (κ3) is 3.27. The van der Waals surface area contributed by atoms with Crippen LogP contribution >= 0.6 is 0 Å². The number of piperidine rings is 2. The second kappa shape index (κ2) is 6.38. The molecule has 0 aromatic rings. The van der Waals surface area contributed by atoms with E-state index in [0.717, 1.165) is 12.0 Å². The van der Waals surface area contributed by atoms with Crippen LogP contribution in [0.2, 0.25) is 0 Å². The van der Waals surface area contributed by atoms with Crippen LogP contribution in [0.3, 0.4) is 0 Å². The minimum absolute atomic E-state index is 0.568. The zero-order valence-electron chi connectivity index (χ0n) is 12.7. The van der Waals surface area contributed by atoms with Crippen LogP contribution in [-0.4, -0.2) is 37.1 Å². The van der Waals surface area contributed by atoms with Crippen LogP contribution in [0, 0.1) is 11.3 Å². The van der Waals surface area contributed by atoms with E-state index in [1.807, 2.05) is 0 Å². The first-order valence-corrected chi connectivity index (χ1v) is 8.12. The summed E-state index contributed by atoms with van der Waals surface area (Å²) in [6.45, 7) is 12.4. The Morgan fingerprint density at radius 1 is 1.28 bits per heavy atom. The fourth-order valence-electron chi connectivity index (χ4n) is 4.06. The van der Waals surface area contributed by atoms with Crippen LogP contribution in [0.4, 0.5) is 0 Å². The Hall–Kier alpha value is -0.0800. The first-order chi connectivity index (χ1) is 8.67. The number of rotatable bonds is 4. The van der Waals surface area contributed by atoms with Crippen molar-refractivity contribution in [2.24, 2.45) is 11.3 Å². The van der Waals surface area contributed by atoms with Gasteiger partial charge < -0.3 is 5.32 Å². The van der Waals surface area contributed by atoms with E-state index >= 15 is 0 Å². The Bertz CT molecular complexity index is 240. The van der Waals surface area contributed by atoms with Gasteiger partial charge in [-0.3, -0.25) is 4.90 Å². The average Bonchev–Trinajstić information content (AvgIpc) is 2.36. The fourth-order valence-corrected chi connectivity index (χ4v) is 4.06. The van der Waals surface area contributed by atoms with Crippen molar-refractivity contribution in [1.82, 2.24) is 10.2 Å².